The van der Waals surface area contributed by atoms with E-state index in [1.165, 1.54) is 12.4 Å². The Balaban J connectivity index is 2.26. The van der Waals surface area contributed by atoms with Crippen LogP contribution in [0.15, 0.2) is 42.7 Å². The molecular weight excluding hydrogens is 286 g/mol. The number of nitrogens with one attached hydrogen (secondary N) is 1. The van der Waals surface area contributed by atoms with Crippen molar-refractivity contribution in [3.8, 4) is 0 Å². The zero-order valence-corrected chi connectivity index (χ0v) is 13.1. The highest BCUT2D eigenvalue weighted by atomic mass is 35.5. The molecular formula is C16H18ClN3O. The van der Waals surface area contributed by atoms with E-state index in [-0.39, 0.29) is 28.2 Å². The molecule has 1 atom stereocenters. The second-order valence-corrected chi connectivity index (χ2v) is 6.30. The third-order valence-corrected chi connectivity index (χ3v) is 3.29. The number of benzene rings is 1. The Kier molecular flexibility index (Phi) is 4.58. The number of carbonyl (C=O) groups is 1. The molecule has 2 rings (SSSR count). The summed E-state index contributed by atoms with van der Waals surface area (Å²) in [4.78, 5) is 20.2. The Morgan fingerprint density at radius 2 is 1.86 bits per heavy atom. The van der Waals surface area contributed by atoms with Gasteiger partial charge in [-0.2, -0.15) is 0 Å². The lowest BCUT2D eigenvalue weighted by atomic mass is 9.82. The average molecular weight is 304 g/mol. The summed E-state index contributed by atoms with van der Waals surface area (Å²) in [5, 5.41) is 3.22. The van der Waals surface area contributed by atoms with Gasteiger partial charge in [-0.1, -0.05) is 62.7 Å². The van der Waals surface area contributed by atoms with E-state index in [9.17, 15) is 4.79 Å². The molecule has 21 heavy (non-hydrogen) atoms. The fourth-order valence-corrected chi connectivity index (χ4v) is 2.25. The van der Waals surface area contributed by atoms with Gasteiger partial charge >= 0.3 is 0 Å². The summed E-state index contributed by atoms with van der Waals surface area (Å²) in [6.45, 7) is 6.23. The van der Waals surface area contributed by atoms with Crippen molar-refractivity contribution in [1.82, 2.24) is 15.3 Å². The first-order valence-electron chi connectivity index (χ1n) is 6.71. The number of hydrogen-bond acceptors (Lipinski definition) is 3. The number of hydrogen-bond donors (Lipinski definition) is 1. The van der Waals surface area contributed by atoms with Crippen molar-refractivity contribution < 1.29 is 4.79 Å². The number of nitrogens with zero attached hydrogens (tertiary/aromatic N) is 2. The molecule has 1 aromatic heterocycles. The molecule has 1 heterocycles. The third kappa shape index (κ3) is 4.02. The zero-order chi connectivity index (χ0) is 15.5. The first kappa shape index (κ1) is 15.4. The van der Waals surface area contributed by atoms with Crippen molar-refractivity contribution in [2.24, 2.45) is 5.41 Å². The maximum atomic E-state index is 12.4. The monoisotopic (exact) mass is 303 g/mol. The van der Waals surface area contributed by atoms with Crippen LogP contribution >= 0.6 is 11.6 Å². The molecule has 0 spiro atoms. The van der Waals surface area contributed by atoms with Gasteiger partial charge in [-0.3, -0.25) is 9.78 Å². The highest BCUT2D eigenvalue weighted by Crippen LogP contribution is 2.32. The van der Waals surface area contributed by atoms with Gasteiger partial charge in [0, 0.05) is 0 Å². The predicted octanol–water partition coefficient (Wildman–Crippen LogP) is 3.65. The summed E-state index contributed by atoms with van der Waals surface area (Å²) < 4.78 is 0. The molecule has 0 aliphatic heterocycles. The molecule has 0 fully saturated rings. The number of carbonyl (C=O) groups excluding carboxylic acids is 1. The largest absolute Gasteiger partial charge is 0.343 e. The molecule has 5 heteroatoms. The van der Waals surface area contributed by atoms with Gasteiger partial charge in [0.2, 0.25) is 0 Å². The summed E-state index contributed by atoms with van der Waals surface area (Å²) in [6, 6.07) is 9.73. The zero-order valence-electron chi connectivity index (χ0n) is 12.3. The van der Waals surface area contributed by atoms with Crippen LogP contribution in [0.25, 0.3) is 0 Å². The molecule has 0 aliphatic rings. The van der Waals surface area contributed by atoms with Crippen molar-refractivity contribution in [3.05, 3.63) is 59.1 Å². The first-order valence-corrected chi connectivity index (χ1v) is 7.09. The molecule has 0 radical (unpaired) electrons. The van der Waals surface area contributed by atoms with E-state index in [2.05, 4.69) is 36.1 Å². The Labute approximate surface area is 129 Å². The van der Waals surface area contributed by atoms with E-state index in [1.54, 1.807) is 0 Å². The van der Waals surface area contributed by atoms with Crippen molar-refractivity contribution >= 4 is 17.5 Å². The van der Waals surface area contributed by atoms with Crippen LogP contribution in [0, 0.1) is 5.41 Å². The molecule has 0 bridgehead atoms. The molecule has 110 valence electrons. The molecule has 2 aromatic rings. The summed E-state index contributed by atoms with van der Waals surface area (Å²) in [7, 11) is 0. The SMILES string of the molecule is CC(C)(C)C(NC(=O)c1cncc(Cl)n1)c1ccccc1. The minimum Gasteiger partial charge on any atom is -0.343 e. The summed E-state index contributed by atoms with van der Waals surface area (Å²) in [6.07, 6.45) is 2.81. The minimum absolute atomic E-state index is 0.132. The van der Waals surface area contributed by atoms with E-state index in [0.717, 1.165) is 5.56 Å². The van der Waals surface area contributed by atoms with Crippen LogP contribution in [0.3, 0.4) is 0 Å². The molecule has 1 aromatic carbocycles. The number of rotatable bonds is 3. The van der Waals surface area contributed by atoms with Gasteiger partial charge in [0.25, 0.3) is 5.91 Å². The van der Waals surface area contributed by atoms with Crippen LogP contribution in [0.5, 0.6) is 0 Å². The molecule has 1 amide bonds. The number of amides is 1. The Morgan fingerprint density at radius 1 is 1.19 bits per heavy atom. The highest BCUT2D eigenvalue weighted by Gasteiger charge is 2.28. The highest BCUT2D eigenvalue weighted by molar-refractivity contribution is 6.29. The molecule has 4 nitrogen and oxygen atoms in total. The van der Waals surface area contributed by atoms with Crippen molar-refractivity contribution in [3.63, 3.8) is 0 Å². The van der Waals surface area contributed by atoms with Gasteiger partial charge in [-0.25, -0.2) is 4.98 Å². The maximum absolute atomic E-state index is 12.4. The van der Waals surface area contributed by atoms with E-state index in [0.29, 0.717) is 0 Å². The second kappa shape index (κ2) is 6.22. The fraction of sp³-hybridized carbons (Fsp3) is 0.312. The number of aromatic nitrogens is 2. The van der Waals surface area contributed by atoms with Gasteiger partial charge < -0.3 is 5.32 Å². The second-order valence-electron chi connectivity index (χ2n) is 5.91. The first-order chi connectivity index (χ1) is 9.88. The smallest absolute Gasteiger partial charge is 0.272 e. The standard InChI is InChI=1S/C16H18ClN3O/c1-16(2,3)14(11-7-5-4-6-8-11)20-15(21)12-9-18-10-13(17)19-12/h4-10,14H,1-3H3,(H,20,21). The van der Waals surface area contributed by atoms with E-state index in [1.807, 2.05) is 30.3 Å². The quantitative estimate of drug-likeness (QED) is 0.941. The fourth-order valence-electron chi connectivity index (χ4n) is 2.10. The Hall–Kier alpha value is -1.94. The Bertz CT molecular complexity index is 623. The van der Waals surface area contributed by atoms with E-state index < -0.39 is 0 Å². The summed E-state index contributed by atoms with van der Waals surface area (Å²) in [5.41, 5.74) is 1.13. The average Bonchev–Trinajstić information content (AvgIpc) is 2.44. The molecule has 0 saturated heterocycles. The normalized spacial score (nSPS) is 12.8. The van der Waals surface area contributed by atoms with Gasteiger partial charge in [0.1, 0.15) is 10.8 Å². The van der Waals surface area contributed by atoms with Crippen LogP contribution in [-0.4, -0.2) is 15.9 Å². The Morgan fingerprint density at radius 3 is 2.43 bits per heavy atom. The minimum atomic E-state index is -0.284. The van der Waals surface area contributed by atoms with Crippen LogP contribution in [0.2, 0.25) is 5.15 Å². The third-order valence-electron chi connectivity index (χ3n) is 3.11. The summed E-state index contributed by atoms with van der Waals surface area (Å²) >= 11 is 5.78. The van der Waals surface area contributed by atoms with Crippen LogP contribution in [0.4, 0.5) is 0 Å². The topological polar surface area (TPSA) is 54.9 Å². The van der Waals surface area contributed by atoms with E-state index >= 15 is 0 Å². The van der Waals surface area contributed by atoms with Crippen LogP contribution in [0.1, 0.15) is 42.9 Å². The van der Waals surface area contributed by atoms with Gasteiger partial charge in [-0.15, -0.1) is 0 Å². The number of halogens is 1. The van der Waals surface area contributed by atoms with Gasteiger partial charge in [-0.05, 0) is 11.0 Å². The lowest BCUT2D eigenvalue weighted by Crippen LogP contribution is -2.37. The molecule has 1 unspecified atom stereocenters. The van der Waals surface area contributed by atoms with Crippen molar-refractivity contribution in [1.29, 1.82) is 0 Å². The van der Waals surface area contributed by atoms with Gasteiger partial charge in [0.05, 0.1) is 18.4 Å². The summed E-state index contributed by atoms with van der Waals surface area (Å²) in [5.74, 6) is -0.284. The van der Waals surface area contributed by atoms with Crippen LogP contribution in [-0.2, 0) is 0 Å². The molecule has 0 saturated carbocycles. The van der Waals surface area contributed by atoms with E-state index in [4.69, 9.17) is 11.6 Å². The van der Waals surface area contributed by atoms with Crippen molar-refractivity contribution in [2.75, 3.05) is 0 Å². The molecule has 1 N–H and O–H groups in total. The van der Waals surface area contributed by atoms with Gasteiger partial charge in [0.15, 0.2) is 0 Å². The lowest BCUT2D eigenvalue weighted by Gasteiger charge is -2.31. The lowest BCUT2D eigenvalue weighted by molar-refractivity contribution is 0.0896. The predicted molar refractivity (Wildman–Crippen MR) is 83.1 cm³/mol. The molecule has 0 aliphatic carbocycles. The maximum Gasteiger partial charge on any atom is 0.272 e. The van der Waals surface area contributed by atoms with Crippen molar-refractivity contribution in [2.45, 2.75) is 26.8 Å². The van der Waals surface area contributed by atoms with Crippen LogP contribution < -0.4 is 5.32 Å².